The zero-order chi connectivity index (χ0) is 16.0. The van der Waals surface area contributed by atoms with Gasteiger partial charge in [-0.3, -0.25) is 5.43 Å². The van der Waals surface area contributed by atoms with Gasteiger partial charge in [-0.05, 0) is 19.8 Å². The zero-order valence-electron chi connectivity index (χ0n) is 14.4. The molecule has 0 bridgehead atoms. The SMILES string of the molecule is Cc1ccc(C2=NNC3(CCCCCCCCCCC3)S2)cc1. The molecule has 2 nitrogen and oxygen atoms in total. The number of hydrazone groups is 1. The van der Waals surface area contributed by atoms with Gasteiger partial charge in [0.2, 0.25) is 0 Å². The molecule has 23 heavy (non-hydrogen) atoms. The lowest BCUT2D eigenvalue weighted by atomic mass is 9.98. The van der Waals surface area contributed by atoms with Crippen LogP contribution in [0, 0.1) is 6.92 Å². The van der Waals surface area contributed by atoms with Crippen molar-refractivity contribution in [3.05, 3.63) is 35.4 Å². The van der Waals surface area contributed by atoms with Gasteiger partial charge in [0.25, 0.3) is 0 Å². The van der Waals surface area contributed by atoms with E-state index in [-0.39, 0.29) is 4.87 Å². The monoisotopic (exact) mass is 330 g/mol. The first-order valence-electron chi connectivity index (χ1n) is 9.38. The molecule has 1 aliphatic heterocycles. The first kappa shape index (κ1) is 16.9. The van der Waals surface area contributed by atoms with Gasteiger partial charge in [0.1, 0.15) is 9.91 Å². The molecule has 1 spiro atoms. The van der Waals surface area contributed by atoms with Gasteiger partial charge in [-0.15, -0.1) is 0 Å². The predicted octanol–water partition coefficient (Wildman–Crippen LogP) is 5.99. The van der Waals surface area contributed by atoms with Crippen LogP contribution < -0.4 is 5.43 Å². The molecule has 0 radical (unpaired) electrons. The minimum Gasteiger partial charge on any atom is -0.292 e. The fourth-order valence-electron chi connectivity index (χ4n) is 3.60. The lowest BCUT2D eigenvalue weighted by Gasteiger charge is -2.28. The number of rotatable bonds is 1. The molecule has 3 heteroatoms. The molecule has 0 aromatic heterocycles. The molecule has 3 rings (SSSR count). The van der Waals surface area contributed by atoms with Gasteiger partial charge < -0.3 is 0 Å². The van der Waals surface area contributed by atoms with Crippen molar-refractivity contribution in [2.24, 2.45) is 5.10 Å². The third-order valence-electron chi connectivity index (χ3n) is 5.11. The molecule has 0 amide bonds. The Kier molecular flexibility index (Phi) is 6.04. The summed E-state index contributed by atoms with van der Waals surface area (Å²) in [6.45, 7) is 2.14. The second-order valence-corrected chi connectivity index (χ2v) is 8.55. The fraction of sp³-hybridized carbons (Fsp3) is 0.650. The van der Waals surface area contributed by atoms with Gasteiger partial charge in [0.05, 0.1) is 0 Å². The lowest BCUT2D eigenvalue weighted by molar-refractivity contribution is 0.384. The van der Waals surface area contributed by atoms with Crippen molar-refractivity contribution in [2.45, 2.75) is 82.4 Å². The Hall–Kier alpha value is -0.960. The summed E-state index contributed by atoms with van der Waals surface area (Å²) in [5.41, 5.74) is 6.11. The highest BCUT2D eigenvalue weighted by Gasteiger charge is 2.36. The molecule has 1 N–H and O–H groups in total. The minimum atomic E-state index is 0.152. The zero-order valence-corrected chi connectivity index (χ0v) is 15.3. The lowest BCUT2D eigenvalue weighted by Crippen LogP contribution is -2.35. The van der Waals surface area contributed by atoms with Gasteiger partial charge >= 0.3 is 0 Å². The van der Waals surface area contributed by atoms with Crippen molar-refractivity contribution in [3.8, 4) is 0 Å². The highest BCUT2D eigenvalue weighted by atomic mass is 32.2. The topological polar surface area (TPSA) is 24.4 Å². The quantitative estimate of drug-likeness (QED) is 0.683. The Morgan fingerprint density at radius 3 is 1.91 bits per heavy atom. The molecule has 0 saturated heterocycles. The van der Waals surface area contributed by atoms with Crippen molar-refractivity contribution in [3.63, 3.8) is 0 Å². The summed E-state index contributed by atoms with van der Waals surface area (Å²) in [6.07, 6.45) is 15.0. The van der Waals surface area contributed by atoms with E-state index in [9.17, 15) is 0 Å². The second kappa shape index (κ2) is 8.23. The van der Waals surface area contributed by atoms with E-state index in [0.29, 0.717) is 0 Å². The predicted molar refractivity (Wildman–Crippen MR) is 102 cm³/mol. The van der Waals surface area contributed by atoms with Crippen molar-refractivity contribution in [1.82, 2.24) is 5.43 Å². The van der Waals surface area contributed by atoms with Crippen molar-refractivity contribution in [1.29, 1.82) is 0 Å². The van der Waals surface area contributed by atoms with E-state index in [1.807, 2.05) is 11.8 Å². The van der Waals surface area contributed by atoms with Crippen molar-refractivity contribution < 1.29 is 0 Å². The molecule has 1 aromatic carbocycles. The van der Waals surface area contributed by atoms with Crippen molar-refractivity contribution >= 4 is 16.8 Å². The molecule has 0 atom stereocenters. The molecule has 1 aliphatic carbocycles. The second-order valence-electron chi connectivity index (χ2n) is 7.17. The number of nitrogens with zero attached hydrogens (tertiary/aromatic N) is 1. The van der Waals surface area contributed by atoms with Gasteiger partial charge in [0.15, 0.2) is 0 Å². The van der Waals surface area contributed by atoms with E-state index in [2.05, 4.69) is 36.6 Å². The van der Waals surface area contributed by atoms with Crippen LogP contribution in [0.3, 0.4) is 0 Å². The summed E-state index contributed by atoms with van der Waals surface area (Å²) >= 11 is 1.98. The van der Waals surface area contributed by atoms with Gasteiger partial charge in [-0.25, -0.2) is 0 Å². The average Bonchev–Trinajstić information content (AvgIpc) is 2.96. The van der Waals surface area contributed by atoms with Crippen LogP contribution in [0.5, 0.6) is 0 Å². The Bertz CT molecular complexity index is 509. The molecule has 126 valence electrons. The maximum atomic E-state index is 4.71. The minimum absolute atomic E-state index is 0.152. The number of thioether (sulfide) groups is 1. The first-order chi connectivity index (χ1) is 11.3. The number of aryl methyl sites for hydroxylation is 1. The molecule has 1 saturated carbocycles. The van der Waals surface area contributed by atoms with Crippen LogP contribution in [0.15, 0.2) is 29.4 Å². The Balaban J connectivity index is 1.63. The van der Waals surface area contributed by atoms with Crippen LogP contribution in [0.2, 0.25) is 0 Å². The van der Waals surface area contributed by atoms with Crippen LogP contribution >= 0.6 is 11.8 Å². The third-order valence-corrected chi connectivity index (χ3v) is 6.52. The average molecular weight is 331 g/mol. The maximum absolute atomic E-state index is 4.71. The van der Waals surface area contributed by atoms with E-state index in [1.54, 1.807) is 0 Å². The van der Waals surface area contributed by atoms with Crippen LogP contribution in [0.4, 0.5) is 0 Å². The molecule has 1 fully saturated rings. The van der Waals surface area contributed by atoms with Crippen molar-refractivity contribution in [2.75, 3.05) is 0 Å². The number of hydrogen-bond acceptors (Lipinski definition) is 3. The Morgan fingerprint density at radius 2 is 1.35 bits per heavy atom. The van der Waals surface area contributed by atoms with Gasteiger partial charge in [-0.2, -0.15) is 5.10 Å². The Labute approximate surface area is 145 Å². The van der Waals surface area contributed by atoms with E-state index < -0.39 is 0 Å². The summed E-state index contributed by atoms with van der Waals surface area (Å²) in [4.78, 5) is 0.152. The molecule has 1 aromatic rings. The summed E-state index contributed by atoms with van der Waals surface area (Å²) in [7, 11) is 0. The number of nitrogens with one attached hydrogen (secondary N) is 1. The number of benzene rings is 1. The summed E-state index contributed by atoms with van der Waals surface area (Å²) < 4.78 is 0. The molecular formula is C20H30N2S. The largest absolute Gasteiger partial charge is 0.292 e. The fourth-order valence-corrected chi connectivity index (χ4v) is 4.90. The van der Waals surface area contributed by atoms with E-state index in [1.165, 1.54) is 86.8 Å². The van der Waals surface area contributed by atoms with Gasteiger partial charge in [0, 0.05) is 5.56 Å². The molecule has 0 unspecified atom stereocenters. The highest BCUT2D eigenvalue weighted by Crippen LogP contribution is 2.40. The smallest absolute Gasteiger partial charge is 0.126 e. The van der Waals surface area contributed by atoms with Crippen LogP contribution in [0.1, 0.15) is 81.8 Å². The first-order valence-corrected chi connectivity index (χ1v) is 10.2. The summed E-state index contributed by atoms with van der Waals surface area (Å²) in [6, 6.07) is 8.78. The summed E-state index contributed by atoms with van der Waals surface area (Å²) in [5.74, 6) is 0. The van der Waals surface area contributed by atoms with E-state index >= 15 is 0 Å². The van der Waals surface area contributed by atoms with E-state index in [4.69, 9.17) is 5.10 Å². The number of hydrogen-bond donors (Lipinski definition) is 1. The van der Waals surface area contributed by atoms with Crippen LogP contribution in [-0.4, -0.2) is 9.91 Å². The third kappa shape index (κ3) is 4.76. The maximum Gasteiger partial charge on any atom is 0.126 e. The van der Waals surface area contributed by atoms with Crippen LogP contribution in [-0.2, 0) is 0 Å². The van der Waals surface area contributed by atoms with Gasteiger partial charge in [-0.1, -0.05) is 99.4 Å². The highest BCUT2D eigenvalue weighted by molar-refractivity contribution is 8.15. The molecular weight excluding hydrogens is 300 g/mol. The standard InChI is InChI=1S/C20H30N2S/c1-17-11-13-18(14-12-17)19-21-22-20(23-19)15-9-7-5-3-2-4-6-8-10-16-20/h11-14,22H,2-10,15-16H2,1H3. The molecule has 2 aliphatic rings. The van der Waals surface area contributed by atoms with E-state index in [0.717, 1.165) is 0 Å². The molecule has 1 heterocycles. The normalized spacial score (nSPS) is 22.7. The van der Waals surface area contributed by atoms with Crippen LogP contribution in [0.25, 0.3) is 0 Å². The summed E-state index contributed by atoms with van der Waals surface area (Å²) in [5, 5.41) is 5.89. The Morgan fingerprint density at radius 1 is 0.826 bits per heavy atom.